The van der Waals surface area contributed by atoms with Crippen molar-refractivity contribution >= 4 is 45.0 Å². The summed E-state index contributed by atoms with van der Waals surface area (Å²) in [6.07, 6.45) is 12.6. The van der Waals surface area contributed by atoms with E-state index in [2.05, 4.69) is 64.9 Å². The summed E-state index contributed by atoms with van der Waals surface area (Å²) < 4.78 is 12.5. The van der Waals surface area contributed by atoms with Crippen LogP contribution in [0.3, 0.4) is 0 Å². The van der Waals surface area contributed by atoms with Gasteiger partial charge in [0, 0.05) is 24.3 Å². The predicted molar refractivity (Wildman–Crippen MR) is 176 cm³/mol. The summed E-state index contributed by atoms with van der Waals surface area (Å²) in [5, 5.41) is 16.3. The Kier molecular flexibility index (Phi) is 29.4. The van der Waals surface area contributed by atoms with Crippen LogP contribution in [0.4, 0.5) is 0 Å². The van der Waals surface area contributed by atoms with E-state index in [0.29, 0.717) is 24.0 Å². The van der Waals surface area contributed by atoms with Gasteiger partial charge >= 0.3 is 158 Å². The van der Waals surface area contributed by atoms with Crippen molar-refractivity contribution in [1.29, 1.82) is 0 Å². The Morgan fingerprint density at radius 3 is 1.23 bits per heavy atom. The molecule has 0 saturated heterocycles. The molecule has 250 valence electrons. The van der Waals surface area contributed by atoms with Crippen molar-refractivity contribution < 1.29 is 38.9 Å². The van der Waals surface area contributed by atoms with Crippen molar-refractivity contribution in [3.63, 3.8) is 0 Å². The Hall–Kier alpha value is -1.84. The predicted octanol–water partition coefficient (Wildman–Crippen LogP) is 8.39. The van der Waals surface area contributed by atoms with Gasteiger partial charge in [-0.2, -0.15) is 0 Å². The molecule has 43 heavy (non-hydrogen) atoms. The smallest absolute Gasteiger partial charge is 0.331 e. The second-order valence-corrected chi connectivity index (χ2v) is 17.7. The fourth-order valence-electron chi connectivity index (χ4n) is 4.13. The van der Waals surface area contributed by atoms with E-state index in [1.54, 1.807) is 8.87 Å². The molecule has 0 spiro atoms. The van der Waals surface area contributed by atoms with E-state index >= 15 is 0 Å². The summed E-state index contributed by atoms with van der Waals surface area (Å²) in [4.78, 5) is 41.2. The first-order chi connectivity index (χ1) is 19.8. The Morgan fingerprint density at radius 2 is 0.977 bits per heavy atom. The summed E-state index contributed by atoms with van der Waals surface area (Å²) >= 11 is -0.0525. The number of hydrogen-bond acceptors (Lipinski definition) is 6. The third-order valence-corrected chi connectivity index (χ3v) is 9.42. The Balaban J connectivity index is -0.000000584. The zero-order chi connectivity index (χ0) is 33.9. The number of unbranched alkanes of at least 4 members (excludes halogenated alkanes) is 2. The van der Waals surface area contributed by atoms with Crippen LogP contribution in [0.5, 0.6) is 0 Å². The largest absolute Gasteiger partial charge is 0.478 e. The number of aliphatic carboxylic acids is 2. The first-order valence-corrected chi connectivity index (χ1v) is 19.7. The summed E-state index contributed by atoms with van der Waals surface area (Å²) in [6, 6.07) is 0. The molecule has 0 aliphatic carbocycles. The zero-order valence-electron chi connectivity index (χ0n) is 28.8. The second kappa shape index (κ2) is 27.7. The molecule has 2 atom stereocenters. The van der Waals surface area contributed by atoms with E-state index in [9.17, 15) is 19.2 Å². The first-order valence-electron chi connectivity index (χ1n) is 15.7. The normalized spacial score (nSPS) is 12.9. The molecule has 0 fully saturated rings. The minimum Gasteiger partial charge on any atom is -0.478 e. The van der Waals surface area contributed by atoms with Crippen molar-refractivity contribution in [3.05, 3.63) is 24.3 Å². The maximum atomic E-state index is 10.6. The van der Waals surface area contributed by atoms with Crippen LogP contribution in [-0.4, -0.2) is 68.4 Å². The van der Waals surface area contributed by atoms with Crippen molar-refractivity contribution in [2.45, 2.75) is 129 Å². The molecule has 8 nitrogen and oxygen atoms in total. The van der Waals surface area contributed by atoms with Crippen LogP contribution in [0, 0.1) is 22.7 Å². The van der Waals surface area contributed by atoms with Gasteiger partial charge in [-0.15, -0.1) is 0 Å². The summed E-state index contributed by atoms with van der Waals surface area (Å²) in [5.74, 6) is -1.64. The van der Waals surface area contributed by atoms with Crippen LogP contribution >= 0.6 is 0 Å². The molecule has 2 unspecified atom stereocenters. The maximum absolute atomic E-state index is 10.6. The number of esters is 2. The van der Waals surface area contributed by atoms with Gasteiger partial charge in [-0.25, -0.2) is 19.2 Å². The number of rotatable bonds is 18. The molecular weight excluding hydrogens is 655 g/mol. The number of carboxylic acids is 2. The fourth-order valence-corrected chi connectivity index (χ4v) is 8.82. The van der Waals surface area contributed by atoms with E-state index in [1.807, 2.05) is 13.8 Å². The number of ether oxygens (including phenoxy) is 2. The van der Waals surface area contributed by atoms with Gasteiger partial charge in [-0.1, -0.05) is 26.7 Å². The monoisotopic (exact) mass is 718 g/mol. The van der Waals surface area contributed by atoms with Gasteiger partial charge in [-0.3, -0.25) is 0 Å². The average Bonchev–Trinajstić information content (AvgIpc) is 2.85. The van der Waals surface area contributed by atoms with Crippen LogP contribution in [0.1, 0.15) is 121 Å². The van der Waals surface area contributed by atoms with Gasteiger partial charge < -0.3 is 19.7 Å². The SMILES string of the molecule is CC(C[CH2][Sn][CH2]CC(C)CC(C)(C)C)CC(C)(C)C.CCCCOC(=O)/C=C/C(=O)O.CCCCOC(=O)/C=C/C(=O)O. The summed E-state index contributed by atoms with van der Waals surface area (Å²) in [7, 11) is 0. The zero-order valence-corrected chi connectivity index (χ0v) is 31.6. The van der Waals surface area contributed by atoms with Crippen LogP contribution < -0.4 is 0 Å². The topological polar surface area (TPSA) is 127 Å². The maximum Gasteiger partial charge on any atom is 0.331 e. The van der Waals surface area contributed by atoms with Crippen molar-refractivity contribution in [2.75, 3.05) is 13.2 Å². The molecule has 0 bridgehead atoms. The molecule has 2 radical (unpaired) electrons. The molecule has 0 saturated carbocycles. The number of carboxylic acid groups (broad SMARTS) is 2. The van der Waals surface area contributed by atoms with Crippen LogP contribution in [0.15, 0.2) is 24.3 Å². The van der Waals surface area contributed by atoms with E-state index in [-0.39, 0.29) is 21.1 Å². The average molecular weight is 718 g/mol. The van der Waals surface area contributed by atoms with Gasteiger partial charge in [0.1, 0.15) is 0 Å². The molecule has 0 aromatic carbocycles. The molecular formula is C34H62O8Sn. The third kappa shape index (κ3) is 44.7. The molecule has 0 aliphatic heterocycles. The van der Waals surface area contributed by atoms with Crippen molar-refractivity contribution in [1.82, 2.24) is 0 Å². The van der Waals surface area contributed by atoms with Gasteiger partial charge in [0.15, 0.2) is 0 Å². The molecule has 0 aromatic heterocycles. The minimum absolute atomic E-state index is 0.0525. The van der Waals surface area contributed by atoms with E-state index in [1.165, 1.54) is 25.7 Å². The van der Waals surface area contributed by atoms with Gasteiger partial charge in [0.2, 0.25) is 0 Å². The Labute approximate surface area is 272 Å². The van der Waals surface area contributed by atoms with E-state index < -0.39 is 23.9 Å². The molecule has 0 rings (SSSR count). The summed E-state index contributed by atoms with van der Waals surface area (Å²) in [6.45, 7) is 23.8. The van der Waals surface area contributed by atoms with Gasteiger partial charge in [0.05, 0.1) is 13.2 Å². The van der Waals surface area contributed by atoms with Gasteiger partial charge in [0.25, 0.3) is 0 Å². The Bertz CT molecular complexity index is 740. The summed E-state index contributed by atoms with van der Waals surface area (Å²) in [5.41, 5.74) is 1.04. The van der Waals surface area contributed by atoms with Crippen LogP contribution in [0.2, 0.25) is 8.87 Å². The van der Waals surface area contributed by atoms with E-state index in [0.717, 1.165) is 61.8 Å². The van der Waals surface area contributed by atoms with E-state index in [4.69, 9.17) is 10.2 Å². The third-order valence-electron chi connectivity index (χ3n) is 5.76. The standard InChI is InChI=1S/2C9H19.2C8H12O4.Sn/c2*1-6-8(2)7-9(3,4)5;2*1-2-3-6-12-8(11)5-4-7(9)10;/h2*8H,1,6-7H2,2-5H3;2*4-5H,2-3,6H2,1H3,(H,9,10);/b;;2*5-4+;. The molecule has 0 aromatic rings. The molecule has 0 amide bonds. The first kappa shape index (κ1) is 45.6. The number of carbonyl (C=O) groups excluding carboxylic acids is 2. The van der Waals surface area contributed by atoms with Crippen LogP contribution in [-0.2, 0) is 28.7 Å². The van der Waals surface area contributed by atoms with Crippen molar-refractivity contribution in [2.24, 2.45) is 22.7 Å². The second-order valence-electron chi connectivity index (χ2n) is 13.5. The quantitative estimate of drug-likeness (QED) is 0.0627. The minimum atomic E-state index is -1.15. The van der Waals surface area contributed by atoms with Crippen LogP contribution in [0.25, 0.3) is 0 Å². The number of hydrogen-bond donors (Lipinski definition) is 2. The number of carbonyl (C=O) groups is 4. The molecule has 0 aliphatic rings. The van der Waals surface area contributed by atoms with Gasteiger partial charge in [-0.05, 0) is 12.8 Å². The Morgan fingerprint density at radius 1 is 0.651 bits per heavy atom. The molecule has 9 heteroatoms. The molecule has 2 N–H and O–H groups in total. The van der Waals surface area contributed by atoms with Crippen molar-refractivity contribution in [3.8, 4) is 0 Å². The fraction of sp³-hybridized carbons (Fsp3) is 0.765. The molecule has 0 heterocycles.